The highest BCUT2D eigenvalue weighted by molar-refractivity contribution is 7.08. The third-order valence-electron chi connectivity index (χ3n) is 9.46. The Morgan fingerprint density at radius 2 is 1.06 bits per heavy atom. The van der Waals surface area contributed by atoms with Crippen LogP contribution in [0.15, 0.2) is 84.1 Å². The zero-order valence-corrected chi connectivity index (χ0v) is 19.8. The van der Waals surface area contributed by atoms with Gasteiger partial charge in [0.1, 0.15) is 8.07 Å². The number of benzene rings is 2. The molecule has 0 aromatic heterocycles. The van der Waals surface area contributed by atoms with Crippen LogP contribution >= 0.6 is 0 Å². The maximum absolute atomic E-state index is 2.54. The Bertz CT molecular complexity index is 895. The summed E-state index contributed by atoms with van der Waals surface area (Å²) in [6, 6.07) is 23.7. The summed E-state index contributed by atoms with van der Waals surface area (Å²) >= 11 is 0. The van der Waals surface area contributed by atoms with E-state index in [0.29, 0.717) is 0 Å². The summed E-state index contributed by atoms with van der Waals surface area (Å²) < 4.78 is 0. The summed E-state index contributed by atoms with van der Waals surface area (Å²) in [6.45, 7) is 0. The predicted molar refractivity (Wildman–Crippen MR) is 134 cm³/mol. The number of fused-ring (bicyclic) bond motifs is 3. The summed E-state index contributed by atoms with van der Waals surface area (Å²) in [6.07, 6.45) is 20.4. The number of hydrogen-bond acceptors (Lipinski definition) is 0. The zero-order chi connectivity index (χ0) is 20.7. The van der Waals surface area contributed by atoms with Gasteiger partial charge in [-0.25, -0.2) is 0 Å². The first kappa shape index (κ1) is 19.8. The molecule has 0 nitrogen and oxygen atoms in total. The molecule has 4 atom stereocenters. The van der Waals surface area contributed by atoms with E-state index in [9.17, 15) is 0 Å². The molecule has 3 fully saturated rings. The summed E-state index contributed by atoms with van der Waals surface area (Å²) in [5.41, 5.74) is 0.874. The Balaban J connectivity index is 1.62. The quantitative estimate of drug-likeness (QED) is 0.481. The minimum absolute atomic E-state index is 0.874. The van der Waals surface area contributed by atoms with Gasteiger partial charge < -0.3 is 0 Å². The molecule has 4 aliphatic rings. The van der Waals surface area contributed by atoms with Gasteiger partial charge in [-0.05, 0) is 58.8 Å². The first-order valence-electron chi connectivity index (χ1n) is 12.9. The second kappa shape index (κ2) is 8.24. The molecule has 0 aliphatic heterocycles. The lowest BCUT2D eigenvalue weighted by Gasteiger charge is -2.47. The van der Waals surface area contributed by atoms with Gasteiger partial charge in [0.2, 0.25) is 0 Å². The lowest BCUT2D eigenvalue weighted by Crippen LogP contribution is -2.65. The van der Waals surface area contributed by atoms with Crippen LogP contribution in [0.1, 0.15) is 57.8 Å². The van der Waals surface area contributed by atoms with E-state index in [-0.39, 0.29) is 0 Å². The molecule has 3 saturated carbocycles. The van der Waals surface area contributed by atoms with Crippen LogP contribution < -0.4 is 10.4 Å². The molecular weight excluding hydrogens is 388 g/mol. The van der Waals surface area contributed by atoms with Crippen LogP contribution in [0.3, 0.4) is 0 Å². The van der Waals surface area contributed by atoms with Crippen molar-refractivity contribution in [1.82, 2.24) is 0 Å². The third-order valence-corrected chi connectivity index (χ3v) is 15.2. The smallest absolute Gasteiger partial charge is 0.0808 e. The predicted octanol–water partition coefficient (Wildman–Crippen LogP) is 6.67. The van der Waals surface area contributed by atoms with Gasteiger partial charge in [0.25, 0.3) is 0 Å². The van der Waals surface area contributed by atoms with Crippen LogP contribution in [0.5, 0.6) is 0 Å². The summed E-state index contributed by atoms with van der Waals surface area (Å²) in [5, 5.41) is 5.14. The van der Waals surface area contributed by atoms with Gasteiger partial charge >= 0.3 is 0 Å². The van der Waals surface area contributed by atoms with Crippen LogP contribution in [-0.4, -0.2) is 8.07 Å². The number of rotatable bonds is 4. The van der Waals surface area contributed by atoms with E-state index in [0.717, 1.165) is 29.2 Å². The molecule has 160 valence electrons. The molecule has 31 heavy (non-hydrogen) atoms. The van der Waals surface area contributed by atoms with Gasteiger partial charge in [0, 0.05) is 0 Å². The Morgan fingerprint density at radius 3 is 1.52 bits per heavy atom. The molecule has 4 unspecified atom stereocenters. The highest BCUT2D eigenvalue weighted by Crippen LogP contribution is 2.63. The van der Waals surface area contributed by atoms with Crippen LogP contribution in [0.25, 0.3) is 0 Å². The molecule has 4 aliphatic carbocycles. The SMILES string of the molecule is C1=CCC([Si](c2ccccc2)(c2ccccc2)C2C3CCCCC3C3CCCCC32)=C1. The van der Waals surface area contributed by atoms with Crippen molar-refractivity contribution in [3.05, 3.63) is 84.1 Å². The molecule has 6 rings (SSSR count). The molecule has 0 amide bonds. The Labute approximate surface area is 189 Å². The van der Waals surface area contributed by atoms with E-state index in [4.69, 9.17) is 0 Å². The Morgan fingerprint density at radius 1 is 0.581 bits per heavy atom. The minimum atomic E-state index is -2.10. The minimum Gasteiger partial charge on any atom is -0.0808 e. The van der Waals surface area contributed by atoms with E-state index < -0.39 is 8.07 Å². The van der Waals surface area contributed by atoms with E-state index >= 15 is 0 Å². The van der Waals surface area contributed by atoms with E-state index in [1.54, 1.807) is 15.6 Å². The summed E-state index contributed by atoms with van der Waals surface area (Å²) in [7, 11) is -2.10. The number of allylic oxidation sites excluding steroid dienone is 4. The van der Waals surface area contributed by atoms with Gasteiger partial charge in [-0.15, -0.1) is 0 Å². The Kier molecular flexibility index (Phi) is 5.26. The average Bonchev–Trinajstić information content (AvgIpc) is 3.49. The Hall–Kier alpha value is -1.86. The molecular formula is C30H36Si. The van der Waals surface area contributed by atoms with Crippen molar-refractivity contribution in [1.29, 1.82) is 0 Å². The van der Waals surface area contributed by atoms with Crippen molar-refractivity contribution in [3.63, 3.8) is 0 Å². The van der Waals surface area contributed by atoms with Crippen molar-refractivity contribution in [2.45, 2.75) is 63.3 Å². The van der Waals surface area contributed by atoms with Crippen molar-refractivity contribution >= 4 is 18.4 Å². The molecule has 0 N–H and O–H groups in total. The molecule has 0 heterocycles. The van der Waals surface area contributed by atoms with Crippen LogP contribution in [0.2, 0.25) is 5.54 Å². The zero-order valence-electron chi connectivity index (χ0n) is 18.8. The third kappa shape index (κ3) is 3.07. The largest absolute Gasteiger partial charge is 0.148 e. The van der Waals surface area contributed by atoms with Gasteiger partial charge in [-0.1, -0.05) is 123 Å². The van der Waals surface area contributed by atoms with E-state index in [2.05, 4.69) is 78.9 Å². The van der Waals surface area contributed by atoms with Gasteiger partial charge in [-0.3, -0.25) is 0 Å². The van der Waals surface area contributed by atoms with E-state index in [1.807, 2.05) is 0 Å². The maximum Gasteiger partial charge on any atom is 0.148 e. The maximum atomic E-state index is 2.54. The molecule has 2 aromatic rings. The number of hydrogen-bond donors (Lipinski definition) is 0. The van der Waals surface area contributed by atoms with Crippen molar-refractivity contribution in [2.24, 2.45) is 23.7 Å². The van der Waals surface area contributed by atoms with Gasteiger partial charge in [0.15, 0.2) is 0 Å². The van der Waals surface area contributed by atoms with Crippen LogP contribution in [0.4, 0.5) is 0 Å². The summed E-state index contributed by atoms with van der Waals surface area (Å²) in [4.78, 5) is 0. The highest BCUT2D eigenvalue weighted by Gasteiger charge is 2.61. The van der Waals surface area contributed by atoms with E-state index in [1.165, 1.54) is 57.8 Å². The fourth-order valence-electron chi connectivity index (χ4n) is 8.57. The highest BCUT2D eigenvalue weighted by atomic mass is 28.3. The van der Waals surface area contributed by atoms with Gasteiger partial charge in [0.05, 0.1) is 0 Å². The average molecular weight is 425 g/mol. The van der Waals surface area contributed by atoms with Crippen LogP contribution in [-0.2, 0) is 0 Å². The fourth-order valence-corrected chi connectivity index (χ4v) is 15.2. The fraction of sp³-hybridized carbons (Fsp3) is 0.467. The molecule has 2 aromatic carbocycles. The van der Waals surface area contributed by atoms with Crippen molar-refractivity contribution < 1.29 is 0 Å². The summed E-state index contributed by atoms with van der Waals surface area (Å²) in [5.74, 6) is 3.88. The lowest BCUT2D eigenvalue weighted by atomic mass is 9.73. The second-order valence-corrected chi connectivity index (χ2v) is 14.7. The van der Waals surface area contributed by atoms with Crippen LogP contribution in [0, 0.1) is 23.7 Å². The molecule has 0 bridgehead atoms. The lowest BCUT2D eigenvalue weighted by molar-refractivity contribution is 0.184. The molecule has 0 spiro atoms. The molecule has 1 heteroatoms. The first-order valence-corrected chi connectivity index (χ1v) is 15.0. The topological polar surface area (TPSA) is 0 Å². The van der Waals surface area contributed by atoms with Crippen molar-refractivity contribution in [3.8, 4) is 0 Å². The molecule has 0 radical (unpaired) electrons. The molecule has 0 saturated heterocycles. The first-order chi connectivity index (χ1) is 15.4. The second-order valence-electron chi connectivity index (χ2n) is 10.6. The normalized spacial score (nSPS) is 32.4. The standard InChI is InChI=1S/C30H36Si/c1-3-13-23(14-4-1)31(25-17-7-8-18-25,24-15-5-2-6-16-24)30-28-21-11-9-19-26(28)27-20-10-12-22-29(27)30/h1-8,13-17,26-30H,9-12,18-22H2. The van der Waals surface area contributed by atoms with Gasteiger partial charge in [-0.2, -0.15) is 0 Å². The monoisotopic (exact) mass is 424 g/mol. The van der Waals surface area contributed by atoms with Crippen molar-refractivity contribution in [2.75, 3.05) is 0 Å².